The second-order valence-corrected chi connectivity index (χ2v) is 6.57. The lowest BCUT2D eigenvalue weighted by Gasteiger charge is -2.26. The van der Waals surface area contributed by atoms with E-state index in [1.54, 1.807) is 0 Å². The first-order valence-electron chi connectivity index (χ1n) is 8.59. The molecule has 0 aliphatic carbocycles. The summed E-state index contributed by atoms with van der Waals surface area (Å²) in [6.45, 7) is 10.8. The Morgan fingerprint density at radius 1 is 1.10 bits per heavy atom. The molecule has 0 bridgehead atoms. The number of unbranched alkanes of at least 4 members (excludes halogenated alkanes) is 2. The van der Waals surface area contributed by atoms with Crippen LogP contribution in [0.4, 0.5) is 0 Å². The molecule has 0 aromatic heterocycles. The van der Waals surface area contributed by atoms with Gasteiger partial charge in [-0.15, -0.1) is 6.10 Å². The van der Waals surface area contributed by atoms with Gasteiger partial charge in [-0.25, -0.2) is 0 Å². The monoisotopic (exact) mass is 298 g/mol. The van der Waals surface area contributed by atoms with Gasteiger partial charge < -0.3 is 10.2 Å². The summed E-state index contributed by atoms with van der Waals surface area (Å²) in [6, 6.07) is 0. The molecule has 4 unspecified atom stereocenters. The van der Waals surface area contributed by atoms with Crippen LogP contribution in [0.3, 0.4) is 0 Å². The summed E-state index contributed by atoms with van der Waals surface area (Å²) in [6.07, 6.45) is 6.88. The largest absolute Gasteiger partial charge is 0.852 e. The number of hydrogen-bond acceptors (Lipinski definition) is 2. The van der Waals surface area contributed by atoms with Crippen molar-refractivity contribution in [3.05, 3.63) is 6.92 Å². The molecule has 3 heteroatoms. The van der Waals surface area contributed by atoms with E-state index < -0.39 is 12.1 Å². The maximum absolute atomic E-state index is 11.9. The highest BCUT2D eigenvalue weighted by molar-refractivity contribution is 5.66. The SMILES string of the molecule is [CH2+]C(C)C(CCCC([O-])CCCCCC(=O)O)C(C)CC. The summed E-state index contributed by atoms with van der Waals surface area (Å²) in [5, 5.41) is 20.4. The molecule has 4 atom stereocenters. The average Bonchev–Trinajstić information content (AvgIpc) is 2.41. The van der Waals surface area contributed by atoms with Crippen LogP contribution in [0.2, 0.25) is 0 Å². The average molecular weight is 298 g/mol. The van der Waals surface area contributed by atoms with Crippen molar-refractivity contribution in [2.75, 3.05) is 0 Å². The molecule has 0 saturated carbocycles. The molecule has 0 aliphatic heterocycles. The van der Waals surface area contributed by atoms with Crippen LogP contribution in [-0.4, -0.2) is 17.2 Å². The predicted molar refractivity (Wildman–Crippen MR) is 85.8 cm³/mol. The number of hydrogen-bond donors (Lipinski definition) is 1. The molecule has 0 spiro atoms. The van der Waals surface area contributed by atoms with Gasteiger partial charge in [0.25, 0.3) is 0 Å². The van der Waals surface area contributed by atoms with Crippen molar-refractivity contribution < 1.29 is 15.0 Å². The molecule has 0 rings (SSSR count). The van der Waals surface area contributed by atoms with E-state index >= 15 is 0 Å². The van der Waals surface area contributed by atoms with E-state index in [2.05, 4.69) is 27.7 Å². The van der Waals surface area contributed by atoms with Gasteiger partial charge in [-0.1, -0.05) is 52.4 Å². The van der Waals surface area contributed by atoms with Crippen molar-refractivity contribution in [2.24, 2.45) is 17.8 Å². The van der Waals surface area contributed by atoms with Crippen LogP contribution in [0, 0.1) is 24.7 Å². The number of carboxylic acid groups (broad SMARTS) is 1. The third kappa shape index (κ3) is 10.6. The van der Waals surface area contributed by atoms with Gasteiger partial charge in [0.1, 0.15) is 0 Å². The first-order chi connectivity index (χ1) is 9.88. The van der Waals surface area contributed by atoms with E-state index in [0.717, 1.165) is 32.1 Å². The quantitative estimate of drug-likeness (QED) is 0.412. The maximum Gasteiger partial charge on any atom is 0.303 e. The minimum atomic E-state index is -0.743. The van der Waals surface area contributed by atoms with Gasteiger partial charge in [-0.2, -0.15) is 0 Å². The fraction of sp³-hybridized carbons (Fsp3) is 0.889. The molecular formula is C18H34O3. The summed E-state index contributed by atoms with van der Waals surface area (Å²) < 4.78 is 0. The second kappa shape index (κ2) is 11.9. The predicted octanol–water partition coefficient (Wildman–Crippen LogP) is 4.05. The van der Waals surface area contributed by atoms with Crippen molar-refractivity contribution in [3.8, 4) is 0 Å². The van der Waals surface area contributed by atoms with E-state index in [1.165, 1.54) is 6.42 Å². The van der Waals surface area contributed by atoms with Crippen LogP contribution in [0.1, 0.15) is 78.6 Å². The van der Waals surface area contributed by atoms with E-state index in [4.69, 9.17) is 5.11 Å². The summed E-state index contributed by atoms with van der Waals surface area (Å²) in [4.78, 5) is 10.4. The molecular weight excluding hydrogens is 264 g/mol. The summed E-state index contributed by atoms with van der Waals surface area (Å²) in [7, 11) is 0. The lowest BCUT2D eigenvalue weighted by atomic mass is 9.79. The molecule has 3 nitrogen and oxygen atoms in total. The summed E-state index contributed by atoms with van der Waals surface area (Å²) in [5.41, 5.74) is 0. The van der Waals surface area contributed by atoms with Crippen molar-refractivity contribution >= 4 is 5.97 Å². The Balaban J connectivity index is 3.72. The Morgan fingerprint density at radius 2 is 1.71 bits per heavy atom. The number of rotatable bonds is 13. The topological polar surface area (TPSA) is 60.4 Å². The number of carboxylic acids is 1. The van der Waals surface area contributed by atoms with E-state index in [-0.39, 0.29) is 6.42 Å². The Labute approximate surface area is 131 Å². The third-order valence-electron chi connectivity index (χ3n) is 4.59. The molecule has 21 heavy (non-hydrogen) atoms. The molecule has 0 radical (unpaired) electrons. The van der Waals surface area contributed by atoms with Gasteiger partial charge in [0.15, 0.2) is 0 Å². The molecule has 0 aromatic carbocycles. The van der Waals surface area contributed by atoms with E-state index in [0.29, 0.717) is 30.6 Å². The minimum Gasteiger partial charge on any atom is -0.852 e. The molecule has 0 aromatic rings. The van der Waals surface area contributed by atoms with Gasteiger partial charge >= 0.3 is 5.97 Å². The molecule has 0 saturated heterocycles. The van der Waals surface area contributed by atoms with Crippen LogP contribution in [0.5, 0.6) is 0 Å². The first-order valence-corrected chi connectivity index (χ1v) is 8.59. The van der Waals surface area contributed by atoms with Crippen LogP contribution in [0.25, 0.3) is 0 Å². The zero-order chi connectivity index (χ0) is 16.3. The Morgan fingerprint density at radius 3 is 2.24 bits per heavy atom. The Hall–Kier alpha value is -0.700. The normalized spacial score (nSPS) is 17.1. The van der Waals surface area contributed by atoms with Crippen molar-refractivity contribution in [1.29, 1.82) is 0 Å². The minimum absolute atomic E-state index is 0.224. The first kappa shape index (κ1) is 20.3. The van der Waals surface area contributed by atoms with Gasteiger partial charge in [-0.05, 0) is 25.7 Å². The van der Waals surface area contributed by atoms with Gasteiger partial charge in [0.2, 0.25) is 0 Å². The number of aliphatic carboxylic acids is 1. The number of carbonyl (C=O) groups is 1. The van der Waals surface area contributed by atoms with Crippen LogP contribution in [-0.2, 0) is 4.79 Å². The Kier molecular flexibility index (Phi) is 11.5. The molecule has 0 amide bonds. The highest BCUT2D eigenvalue weighted by Gasteiger charge is 2.23. The van der Waals surface area contributed by atoms with Crippen molar-refractivity contribution in [2.45, 2.75) is 84.7 Å². The van der Waals surface area contributed by atoms with Crippen LogP contribution < -0.4 is 5.11 Å². The Bertz CT molecular complexity index is 263. The highest BCUT2D eigenvalue weighted by Crippen LogP contribution is 2.28. The molecule has 1 N–H and O–H groups in total. The summed E-state index contributed by atoms with van der Waals surface area (Å²) >= 11 is 0. The summed E-state index contributed by atoms with van der Waals surface area (Å²) in [5.74, 6) is 1.00. The smallest absolute Gasteiger partial charge is 0.303 e. The molecule has 124 valence electrons. The van der Waals surface area contributed by atoms with Gasteiger partial charge in [0, 0.05) is 12.3 Å². The fourth-order valence-electron chi connectivity index (χ4n) is 2.98. The second-order valence-electron chi connectivity index (χ2n) is 6.57. The lowest BCUT2D eigenvalue weighted by Crippen LogP contribution is -2.25. The maximum atomic E-state index is 11.9. The van der Waals surface area contributed by atoms with E-state index in [9.17, 15) is 9.90 Å². The van der Waals surface area contributed by atoms with Crippen LogP contribution in [0.15, 0.2) is 0 Å². The molecule has 0 heterocycles. The zero-order valence-corrected chi connectivity index (χ0v) is 14.1. The van der Waals surface area contributed by atoms with Gasteiger partial charge in [0.05, 0.1) is 12.8 Å². The molecule has 0 fully saturated rings. The van der Waals surface area contributed by atoms with Crippen molar-refractivity contribution in [3.63, 3.8) is 0 Å². The van der Waals surface area contributed by atoms with Crippen molar-refractivity contribution in [1.82, 2.24) is 0 Å². The fourth-order valence-corrected chi connectivity index (χ4v) is 2.98. The standard InChI is InChI=1S/C18H34O3/c1-5-15(4)17(14(2)3)12-9-11-16(19)10-7-6-8-13-18(20)21/h14-17H,2,5-13H2,1,3-4H3,(H,20,21). The van der Waals surface area contributed by atoms with Gasteiger partial charge in [-0.3, -0.25) is 4.79 Å². The third-order valence-corrected chi connectivity index (χ3v) is 4.59. The van der Waals surface area contributed by atoms with Crippen LogP contribution >= 0.6 is 0 Å². The zero-order valence-electron chi connectivity index (χ0n) is 14.1. The highest BCUT2D eigenvalue weighted by atomic mass is 16.4. The van der Waals surface area contributed by atoms with E-state index in [1.807, 2.05) is 0 Å². The lowest BCUT2D eigenvalue weighted by molar-refractivity contribution is -0.423. The molecule has 0 aliphatic rings.